The number of hydrogen-bond acceptors (Lipinski definition) is 5. The minimum absolute atomic E-state index is 0.181. The number of nitrogens with zero attached hydrogens (tertiary/aromatic N) is 5. The van der Waals surface area contributed by atoms with Gasteiger partial charge in [-0.3, -0.25) is 4.79 Å². The Kier molecular flexibility index (Phi) is 4.65. The molecule has 0 saturated carbocycles. The molecule has 1 amide bonds. The SMILES string of the molecule is CN(C(=O)C(C)(C)C)C1CCN(c2ncc(C#N)cn2)CC1. The lowest BCUT2D eigenvalue weighted by Crippen LogP contribution is -2.49. The van der Waals surface area contributed by atoms with E-state index in [1.54, 1.807) is 12.4 Å². The van der Waals surface area contributed by atoms with E-state index in [4.69, 9.17) is 5.26 Å². The van der Waals surface area contributed by atoms with Crippen LogP contribution in [0.25, 0.3) is 0 Å². The number of piperidine rings is 1. The predicted octanol–water partition coefficient (Wildman–Crippen LogP) is 1.82. The summed E-state index contributed by atoms with van der Waals surface area (Å²) < 4.78 is 0. The van der Waals surface area contributed by atoms with Crippen LogP contribution in [0.2, 0.25) is 0 Å². The summed E-state index contributed by atoms with van der Waals surface area (Å²) >= 11 is 0. The van der Waals surface area contributed by atoms with Gasteiger partial charge in [-0.15, -0.1) is 0 Å². The van der Waals surface area contributed by atoms with Gasteiger partial charge in [-0.25, -0.2) is 9.97 Å². The molecule has 0 radical (unpaired) electrons. The van der Waals surface area contributed by atoms with E-state index in [-0.39, 0.29) is 17.4 Å². The molecule has 0 spiro atoms. The molecule has 1 aromatic heterocycles. The first-order valence-corrected chi connectivity index (χ1v) is 7.57. The Bertz CT molecular complexity index is 562. The fourth-order valence-electron chi connectivity index (χ4n) is 2.69. The highest BCUT2D eigenvalue weighted by Crippen LogP contribution is 2.23. The van der Waals surface area contributed by atoms with Gasteiger partial charge in [-0.1, -0.05) is 20.8 Å². The molecule has 2 rings (SSSR count). The second kappa shape index (κ2) is 6.30. The van der Waals surface area contributed by atoms with Crippen LogP contribution < -0.4 is 4.90 Å². The highest BCUT2D eigenvalue weighted by Gasteiger charge is 2.31. The van der Waals surface area contributed by atoms with Crippen molar-refractivity contribution in [3.8, 4) is 6.07 Å². The van der Waals surface area contributed by atoms with Gasteiger partial charge in [0.05, 0.1) is 18.0 Å². The molecule has 1 fully saturated rings. The Labute approximate surface area is 131 Å². The summed E-state index contributed by atoms with van der Waals surface area (Å²) in [7, 11) is 1.89. The Morgan fingerprint density at radius 3 is 2.32 bits per heavy atom. The number of carbonyl (C=O) groups excluding carboxylic acids is 1. The monoisotopic (exact) mass is 301 g/mol. The molecular formula is C16H23N5O. The van der Waals surface area contributed by atoms with Crippen molar-refractivity contribution >= 4 is 11.9 Å². The lowest BCUT2D eigenvalue weighted by molar-refractivity contribution is -0.140. The summed E-state index contributed by atoms with van der Waals surface area (Å²) in [6.45, 7) is 7.49. The average molecular weight is 301 g/mol. The van der Waals surface area contributed by atoms with E-state index in [1.807, 2.05) is 38.8 Å². The Morgan fingerprint density at radius 1 is 1.32 bits per heavy atom. The summed E-state index contributed by atoms with van der Waals surface area (Å²) in [5.74, 6) is 0.836. The number of nitriles is 1. The molecule has 1 aliphatic heterocycles. The number of hydrogen-bond donors (Lipinski definition) is 0. The molecule has 1 aromatic rings. The van der Waals surface area contributed by atoms with Gasteiger partial charge >= 0.3 is 0 Å². The summed E-state index contributed by atoms with van der Waals surface area (Å²) in [5, 5.41) is 8.77. The predicted molar refractivity (Wildman–Crippen MR) is 84.2 cm³/mol. The number of rotatable bonds is 2. The molecule has 1 aliphatic rings. The molecule has 118 valence electrons. The van der Waals surface area contributed by atoms with E-state index in [0.717, 1.165) is 25.9 Å². The van der Waals surface area contributed by atoms with Crippen LogP contribution in [0.4, 0.5) is 5.95 Å². The summed E-state index contributed by atoms with van der Waals surface area (Å²) in [6, 6.07) is 2.28. The standard InChI is InChI=1S/C16H23N5O/c1-16(2,3)14(22)20(4)13-5-7-21(8-6-13)15-18-10-12(9-17)11-19-15/h10-11,13H,5-8H2,1-4H3. The maximum atomic E-state index is 12.3. The number of anilines is 1. The van der Waals surface area contributed by atoms with Crippen molar-refractivity contribution in [2.45, 2.75) is 39.7 Å². The lowest BCUT2D eigenvalue weighted by Gasteiger charge is -2.38. The molecule has 0 N–H and O–H groups in total. The van der Waals surface area contributed by atoms with Crippen molar-refractivity contribution in [3.05, 3.63) is 18.0 Å². The van der Waals surface area contributed by atoms with Crippen LogP contribution in [0.5, 0.6) is 0 Å². The summed E-state index contributed by atoms with van der Waals surface area (Å²) in [5.41, 5.74) is 0.122. The summed E-state index contributed by atoms with van der Waals surface area (Å²) in [4.78, 5) is 24.8. The van der Waals surface area contributed by atoms with Gasteiger partial charge in [0.15, 0.2) is 0 Å². The van der Waals surface area contributed by atoms with Crippen molar-refractivity contribution in [2.75, 3.05) is 25.0 Å². The molecule has 0 aliphatic carbocycles. The van der Waals surface area contributed by atoms with Gasteiger partial charge < -0.3 is 9.80 Å². The minimum atomic E-state index is -0.345. The average Bonchev–Trinajstić information content (AvgIpc) is 2.53. The lowest BCUT2D eigenvalue weighted by atomic mass is 9.93. The zero-order valence-corrected chi connectivity index (χ0v) is 13.7. The fourth-order valence-corrected chi connectivity index (χ4v) is 2.69. The van der Waals surface area contributed by atoms with Gasteiger partial charge in [0.2, 0.25) is 11.9 Å². The van der Waals surface area contributed by atoms with Gasteiger partial charge in [0, 0.05) is 31.6 Å². The first-order chi connectivity index (χ1) is 10.3. The normalized spacial score (nSPS) is 16.2. The van der Waals surface area contributed by atoms with Gasteiger partial charge in [0.25, 0.3) is 0 Å². The van der Waals surface area contributed by atoms with Crippen molar-refractivity contribution in [3.63, 3.8) is 0 Å². The van der Waals surface area contributed by atoms with Crippen LogP contribution in [0.15, 0.2) is 12.4 Å². The Balaban J connectivity index is 1.95. The second-order valence-electron chi connectivity index (χ2n) is 6.77. The zero-order valence-electron chi connectivity index (χ0n) is 13.7. The topological polar surface area (TPSA) is 73.1 Å². The number of carbonyl (C=O) groups is 1. The third-order valence-corrected chi connectivity index (χ3v) is 4.02. The molecule has 1 saturated heterocycles. The number of aromatic nitrogens is 2. The highest BCUT2D eigenvalue weighted by molar-refractivity contribution is 5.81. The first-order valence-electron chi connectivity index (χ1n) is 7.57. The zero-order chi connectivity index (χ0) is 16.3. The Morgan fingerprint density at radius 2 is 1.86 bits per heavy atom. The molecule has 22 heavy (non-hydrogen) atoms. The van der Waals surface area contributed by atoms with E-state index in [0.29, 0.717) is 11.5 Å². The third-order valence-electron chi connectivity index (χ3n) is 4.02. The minimum Gasteiger partial charge on any atom is -0.342 e. The molecule has 6 nitrogen and oxygen atoms in total. The van der Waals surface area contributed by atoms with Crippen LogP contribution in [-0.4, -0.2) is 47.0 Å². The second-order valence-corrected chi connectivity index (χ2v) is 6.77. The third kappa shape index (κ3) is 3.53. The van der Waals surface area contributed by atoms with Crippen LogP contribution in [0.3, 0.4) is 0 Å². The molecule has 0 unspecified atom stereocenters. The van der Waals surface area contributed by atoms with E-state index >= 15 is 0 Å². The molecule has 2 heterocycles. The van der Waals surface area contributed by atoms with E-state index in [9.17, 15) is 4.79 Å². The van der Waals surface area contributed by atoms with Crippen LogP contribution in [0, 0.1) is 16.7 Å². The molecule has 0 aromatic carbocycles. The molecular weight excluding hydrogens is 278 g/mol. The van der Waals surface area contributed by atoms with E-state index < -0.39 is 0 Å². The van der Waals surface area contributed by atoms with Gasteiger partial charge in [0.1, 0.15) is 6.07 Å². The fraction of sp³-hybridized carbons (Fsp3) is 0.625. The van der Waals surface area contributed by atoms with E-state index in [1.165, 1.54) is 0 Å². The molecule has 6 heteroatoms. The Hall–Kier alpha value is -2.16. The first kappa shape index (κ1) is 16.2. The highest BCUT2D eigenvalue weighted by atomic mass is 16.2. The maximum Gasteiger partial charge on any atom is 0.227 e. The van der Waals surface area contributed by atoms with Gasteiger partial charge in [-0.2, -0.15) is 5.26 Å². The maximum absolute atomic E-state index is 12.3. The van der Waals surface area contributed by atoms with Crippen molar-refractivity contribution in [2.24, 2.45) is 5.41 Å². The van der Waals surface area contributed by atoms with Crippen molar-refractivity contribution in [1.29, 1.82) is 5.26 Å². The molecule has 0 bridgehead atoms. The van der Waals surface area contributed by atoms with E-state index in [2.05, 4.69) is 14.9 Å². The van der Waals surface area contributed by atoms with Crippen LogP contribution in [-0.2, 0) is 4.79 Å². The van der Waals surface area contributed by atoms with Crippen LogP contribution in [0.1, 0.15) is 39.2 Å². The van der Waals surface area contributed by atoms with Crippen molar-refractivity contribution in [1.82, 2.24) is 14.9 Å². The number of amides is 1. The molecule has 0 atom stereocenters. The van der Waals surface area contributed by atoms with Crippen molar-refractivity contribution < 1.29 is 4.79 Å². The quantitative estimate of drug-likeness (QED) is 0.833. The van der Waals surface area contributed by atoms with Crippen LogP contribution >= 0.6 is 0 Å². The summed E-state index contributed by atoms with van der Waals surface area (Å²) in [6.07, 6.45) is 4.90. The van der Waals surface area contributed by atoms with Gasteiger partial charge in [-0.05, 0) is 12.8 Å². The largest absolute Gasteiger partial charge is 0.342 e. The smallest absolute Gasteiger partial charge is 0.227 e.